The molecule has 1 aromatic rings. The maximum atomic E-state index is 11.0. The average molecular weight is 405 g/mol. The second-order valence-corrected chi connectivity index (χ2v) is 7.52. The summed E-state index contributed by atoms with van der Waals surface area (Å²) in [5.41, 5.74) is 4.53. The summed E-state index contributed by atoms with van der Waals surface area (Å²) in [4.78, 5) is 11.0. The van der Waals surface area contributed by atoms with Crippen LogP contribution < -0.4 is 16.1 Å². The monoisotopic (exact) mass is 404 g/mol. The van der Waals surface area contributed by atoms with Crippen LogP contribution in [0.5, 0.6) is 0 Å². The molecular formula is C22H36N4OS. The fourth-order valence-corrected chi connectivity index (χ4v) is 3.03. The molecule has 1 aromatic carbocycles. The van der Waals surface area contributed by atoms with Crippen LogP contribution in [-0.4, -0.2) is 23.8 Å². The van der Waals surface area contributed by atoms with Gasteiger partial charge >= 0.3 is 0 Å². The fourth-order valence-electron chi connectivity index (χ4n) is 2.88. The second kappa shape index (κ2) is 16.0. The summed E-state index contributed by atoms with van der Waals surface area (Å²) in [6.45, 7) is 4.63. The van der Waals surface area contributed by atoms with Gasteiger partial charge in [0.1, 0.15) is 0 Å². The van der Waals surface area contributed by atoms with Crippen molar-refractivity contribution in [2.75, 3.05) is 11.9 Å². The Morgan fingerprint density at radius 2 is 1.54 bits per heavy atom. The van der Waals surface area contributed by atoms with Crippen molar-refractivity contribution in [1.82, 2.24) is 10.7 Å². The van der Waals surface area contributed by atoms with E-state index in [1.54, 1.807) is 6.21 Å². The minimum atomic E-state index is -0.0816. The molecule has 28 heavy (non-hydrogen) atoms. The van der Waals surface area contributed by atoms with Crippen LogP contribution in [0.1, 0.15) is 83.6 Å². The van der Waals surface area contributed by atoms with E-state index >= 15 is 0 Å². The molecule has 0 aliphatic heterocycles. The van der Waals surface area contributed by atoms with Crippen molar-refractivity contribution in [2.24, 2.45) is 5.10 Å². The van der Waals surface area contributed by atoms with E-state index < -0.39 is 0 Å². The number of hydrogen-bond donors (Lipinski definition) is 3. The number of hydrazone groups is 1. The lowest BCUT2D eigenvalue weighted by Crippen LogP contribution is -2.32. The Balaban J connectivity index is 2.01. The number of rotatable bonds is 14. The van der Waals surface area contributed by atoms with Crippen molar-refractivity contribution in [3.05, 3.63) is 29.8 Å². The Kier molecular flexibility index (Phi) is 13.8. The number of benzene rings is 1. The van der Waals surface area contributed by atoms with Crippen LogP contribution in [0.15, 0.2) is 29.4 Å². The van der Waals surface area contributed by atoms with Gasteiger partial charge < -0.3 is 10.6 Å². The Morgan fingerprint density at radius 3 is 2.11 bits per heavy atom. The molecule has 0 heterocycles. The van der Waals surface area contributed by atoms with Gasteiger partial charge in [-0.2, -0.15) is 5.10 Å². The van der Waals surface area contributed by atoms with E-state index in [2.05, 4.69) is 28.1 Å². The van der Waals surface area contributed by atoms with Crippen LogP contribution in [0.4, 0.5) is 5.69 Å². The summed E-state index contributed by atoms with van der Waals surface area (Å²) < 4.78 is 0. The first-order valence-electron chi connectivity index (χ1n) is 10.6. The van der Waals surface area contributed by atoms with Gasteiger partial charge in [-0.15, -0.1) is 0 Å². The van der Waals surface area contributed by atoms with Crippen LogP contribution in [0, 0.1) is 0 Å². The minimum absolute atomic E-state index is 0.0816. The molecule has 1 rings (SSSR count). The molecule has 0 radical (unpaired) electrons. The lowest BCUT2D eigenvalue weighted by atomic mass is 10.1. The predicted octanol–water partition coefficient (Wildman–Crippen LogP) is 5.36. The number of carbonyl (C=O) groups excluding carboxylic acids is 1. The number of nitrogens with zero attached hydrogens (tertiary/aromatic N) is 1. The van der Waals surface area contributed by atoms with E-state index in [9.17, 15) is 4.79 Å². The Bertz CT molecular complexity index is 587. The number of amides is 1. The van der Waals surface area contributed by atoms with E-state index in [0.717, 1.165) is 24.2 Å². The van der Waals surface area contributed by atoms with Crippen molar-refractivity contribution in [3.8, 4) is 0 Å². The summed E-state index contributed by atoms with van der Waals surface area (Å²) in [5.74, 6) is -0.0816. The van der Waals surface area contributed by atoms with Crippen LogP contribution in [-0.2, 0) is 4.79 Å². The SMILES string of the molecule is CCCCCCCCCCCCNC(=S)N/N=C\c1ccc(NC(C)=O)cc1. The molecular weight excluding hydrogens is 368 g/mol. The van der Waals surface area contributed by atoms with E-state index in [4.69, 9.17) is 12.2 Å². The van der Waals surface area contributed by atoms with Gasteiger partial charge in [-0.3, -0.25) is 10.2 Å². The highest BCUT2D eigenvalue weighted by atomic mass is 32.1. The van der Waals surface area contributed by atoms with Crippen molar-refractivity contribution in [1.29, 1.82) is 0 Å². The average Bonchev–Trinajstić information content (AvgIpc) is 2.67. The number of nitrogens with one attached hydrogen (secondary N) is 3. The molecule has 0 saturated heterocycles. The van der Waals surface area contributed by atoms with Gasteiger partial charge in [0.05, 0.1) is 6.21 Å². The third kappa shape index (κ3) is 13.3. The standard InChI is InChI=1S/C22H36N4OS/c1-3-4-5-6-7-8-9-10-11-12-17-23-22(28)26-24-18-20-13-15-21(16-14-20)25-19(2)27/h13-16,18H,3-12,17H2,1-2H3,(H,25,27)(H2,23,26,28)/b24-18-. The maximum Gasteiger partial charge on any atom is 0.221 e. The molecule has 0 aliphatic carbocycles. The van der Waals surface area contributed by atoms with Crippen LogP contribution in [0.25, 0.3) is 0 Å². The topological polar surface area (TPSA) is 65.5 Å². The normalized spacial score (nSPS) is 10.8. The molecule has 1 amide bonds. The van der Waals surface area contributed by atoms with Crippen molar-refractivity contribution >= 4 is 35.1 Å². The maximum absolute atomic E-state index is 11.0. The van der Waals surface area contributed by atoms with E-state index in [-0.39, 0.29) is 5.91 Å². The predicted molar refractivity (Wildman–Crippen MR) is 124 cm³/mol. The zero-order chi connectivity index (χ0) is 20.5. The molecule has 0 saturated carbocycles. The molecule has 0 fully saturated rings. The lowest BCUT2D eigenvalue weighted by Gasteiger charge is -2.07. The molecule has 0 unspecified atom stereocenters. The largest absolute Gasteiger partial charge is 0.361 e. The molecule has 3 N–H and O–H groups in total. The van der Waals surface area contributed by atoms with E-state index in [0.29, 0.717) is 5.11 Å². The Labute approximate surface area is 175 Å². The van der Waals surface area contributed by atoms with Crippen LogP contribution in [0.3, 0.4) is 0 Å². The summed E-state index contributed by atoms with van der Waals surface area (Å²) >= 11 is 5.22. The molecule has 0 spiro atoms. The minimum Gasteiger partial charge on any atom is -0.361 e. The summed E-state index contributed by atoms with van der Waals surface area (Å²) in [6, 6.07) is 7.45. The summed E-state index contributed by atoms with van der Waals surface area (Å²) in [5, 5.41) is 10.6. The molecule has 5 nitrogen and oxygen atoms in total. The van der Waals surface area contributed by atoms with Gasteiger partial charge in [0.15, 0.2) is 5.11 Å². The second-order valence-electron chi connectivity index (χ2n) is 7.11. The molecule has 0 atom stereocenters. The Hall–Kier alpha value is -1.95. The first kappa shape index (κ1) is 24.1. The van der Waals surface area contributed by atoms with Crippen LogP contribution in [0.2, 0.25) is 0 Å². The lowest BCUT2D eigenvalue weighted by molar-refractivity contribution is -0.114. The zero-order valence-corrected chi connectivity index (χ0v) is 18.2. The quantitative estimate of drug-likeness (QED) is 0.169. The number of thiocarbonyl (C=S) groups is 1. The van der Waals surface area contributed by atoms with Gasteiger partial charge in [-0.05, 0) is 36.3 Å². The third-order valence-electron chi connectivity index (χ3n) is 4.43. The first-order valence-corrected chi connectivity index (χ1v) is 11.0. The first-order chi connectivity index (χ1) is 13.6. The number of hydrogen-bond acceptors (Lipinski definition) is 3. The molecule has 6 heteroatoms. The van der Waals surface area contributed by atoms with E-state index in [1.807, 2.05) is 24.3 Å². The third-order valence-corrected chi connectivity index (χ3v) is 4.66. The smallest absolute Gasteiger partial charge is 0.221 e. The molecule has 0 bridgehead atoms. The highest BCUT2D eigenvalue weighted by molar-refractivity contribution is 7.80. The fraction of sp³-hybridized carbons (Fsp3) is 0.591. The highest BCUT2D eigenvalue weighted by Gasteiger charge is 1.96. The van der Waals surface area contributed by atoms with Crippen LogP contribution >= 0.6 is 12.2 Å². The Morgan fingerprint density at radius 1 is 0.964 bits per heavy atom. The zero-order valence-electron chi connectivity index (χ0n) is 17.4. The number of unbranched alkanes of at least 4 members (excludes halogenated alkanes) is 9. The van der Waals surface area contributed by atoms with Gasteiger partial charge in [0, 0.05) is 19.2 Å². The highest BCUT2D eigenvalue weighted by Crippen LogP contribution is 2.10. The number of carbonyl (C=O) groups is 1. The van der Waals surface area contributed by atoms with Gasteiger partial charge in [-0.25, -0.2) is 0 Å². The molecule has 156 valence electrons. The van der Waals surface area contributed by atoms with E-state index in [1.165, 1.54) is 64.7 Å². The number of anilines is 1. The van der Waals surface area contributed by atoms with Gasteiger partial charge in [-0.1, -0.05) is 76.8 Å². The van der Waals surface area contributed by atoms with Crippen molar-refractivity contribution in [2.45, 2.75) is 78.1 Å². The van der Waals surface area contributed by atoms with Crippen molar-refractivity contribution < 1.29 is 4.79 Å². The summed E-state index contributed by atoms with van der Waals surface area (Å²) in [7, 11) is 0. The molecule has 0 aliphatic rings. The molecule has 0 aromatic heterocycles. The van der Waals surface area contributed by atoms with Gasteiger partial charge in [0.2, 0.25) is 5.91 Å². The summed E-state index contributed by atoms with van der Waals surface area (Å²) in [6.07, 6.45) is 15.0. The van der Waals surface area contributed by atoms with Gasteiger partial charge in [0.25, 0.3) is 0 Å². The van der Waals surface area contributed by atoms with Crippen molar-refractivity contribution in [3.63, 3.8) is 0 Å².